The minimum atomic E-state index is 0.0656. The first-order valence-corrected chi connectivity index (χ1v) is 6.72. The molecule has 1 unspecified atom stereocenters. The van der Waals surface area contributed by atoms with Crippen molar-refractivity contribution in [2.24, 2.45) is 12.8 Å². The molecule has 5 heteroatoms. The van der Waals surface area contributed by atoms with Gasteiger partial charge in [0.1, 0.15) is 0 Å². The maximum atomic E-state index is 5.98. The van der Waals surface area contributed by atoms with Crippen molar-refractivity contribution in [3.05, 3.63) is 47.5 Å². The van der Waals surface area contributed by atoms with Gasteiger partial charge in [-0.3, -0.25) is 4.68 Å². The second-order valence-corrected chi connectivity index (χ2v) is 5.28. The van der Waals surface area contributed by atoms with Gasteiger partial charge in [-0.15, -0.1) is 0 Å². The molecule has 0 aliphatic rings. The van der Waals surface area contributed by atoms with Crippen molar-refractivity contribution in [3.8, 4) is 0 Å². The molecule has 104 valence electrons. The zero-order valence-electron chi connectivity index (χ0n) is 12.0. The summed E-state index contributed by atoms with van der Waals surface area (Å²) < 4.78 is 3.94. The average Bonchev–Trinajstić information content (AvgIpc) is 3.00. The van der Waals surface area contributed by atoms with Crippen LogP contribution < -0.4 is 5.73 Å². The van der Waals surface area contributed by atoms with E-state index < -0.39 is 0 Å². The Hall–Kier alpha value is -2.14. The minimum Gasteiger partial charge on any atom is -0.328 e. The quantitative estimate of drug-likeness (QED) is 0.790. The first-order chi connectivity index (χ1) is 9.60. The van der Waals surface area contributed by atoms with Gasteiger partial charge in [0.25, 0.3) is 0 Å². The van der Waals surface area contributed by atoms with Crippen LogP contribution >= 0.6 is 0 Å². The molecule has 2 aromatic heterocycles. The number of benzene rings is 1. The highest BCUT2D eigenvalue weighted by Crippen LogP contribution is 2.24. The molecule has 0 radical (unpaired) electrons. The van der Waals surface area contributed by atoms with Gasteiger partial charge >= 0.3 is 0 Å². The molecule has 1 aromatic carbocycles. The van der Waals surface area contributed by atoms with E-state index in [2.05, 4.69) is 40.6 Å². The number of fused-ring (bicyclic) bond motifs is 1. The summed E-state index contributed by atoms with van der Waals surface area (Å²) in [5.74, 6) is 0. The second kappa shape index (κ2) is 4.76. The van der Waals surface area contributed by atoms with Crippen LogP contribution in [0.4, 0.5) is 0 Å². The Labute approximate surface area is 118 Å². The van der Waals surface area contributed by atoms with Crippen molar-refractivity contribution >= 4 is 11.0 Å². The number of nitrogens with zero attached hydrogens (tertiary/aromatic N) is 4. The molecular formula is C15H19N5. The highest BCUT2D eigenvalue weighted by molar-refractivity contribution is 5.77. The van der Waals surface area contributed by atoms with E-state index in [1.165, 1.54) is 11.1 Å². The van der Waals surface area contributed by atoms with Crippen LogP contribution in [-0.2, 0) is 7.05 Å². The van der Waals surface area contributed by atoms with E-state index in [1.807, 2.05) is 25.8 Å². The maximum Gasteiger partial charge on any atom is 0.0964 e. The van der Waals surface area contributed by atoms with Gasteiger partial charge in [0, 0.05) is 25.4 Å². The van der Waals surface area contributed by atoms with Gasteiger partial charge < -0.3 is 10.3 Å². The van der Waals surface area contributed by atoms with Crippen LogP contribution in [0.2, 0.25) is 0 Å². The summed E-state index contributed by atoms with van der Waals surface area (Å²) in [5, 5.41) is 4.23. The molecule has 0 bridgehead atoms. The predicted octanol–water partition coefficient (Wildman–Crippen LogP) is 1.93. The number of rotatable bonds is 3. The van der Waals surface area contributed by atoms with E-state index in [4.69, 9.17) is 5.73 Å². The molecule has 3 aromatic rings. The monoisotopic (exact) mass is 269 g/mol. The number of aryl methyl sites for hydroxylation is 3. The van der Waals surface area contributed by atoms with Crippen molar-refractivity contribution in [3.63, 3.8) is 0 Å². The minimum absolute atomic E-state index is 0.0656. The van der Waals surface area contributed by atoms with Gasteiger partial charge in [-0.25, -0.2) is 4.98 Å². The average molecular weight is 269 g/mol. The number of hydrogen-bond donors (Lipinski definition) is 1. The molecule has 0 amide bonds. The molecular weight excluding hydrogens is 250 g/mol. The third-order valence-electron chi connectivity index (χ3n) is 3.86. The zero-order valence-corrected chi connectivity index (χ0v) is 12.0. The number of hydrogen-bond acceptors (Lipinski definition) is 3. The topological polar surface area (TPSA) is 61.7 Å². The maximum absolute atomic E-state index is 5.98. The number of nitrogens with two attached hydrogens (primary N) is 1. The third-order valence-corrected chi connectivity index (χ3v) is 3.86. The summed E-state index contributed by atoms with van der Waals surface area (Å²) in [6, 6.07) is 4.37. The third kappa shape index (κ3) is 2.00. The van der Waals surface area contributed by atoms with E-state index in [0.29, 0.717) is 6.54 Å². The normalized spacial score (nSPS) is 13.0. The van der Waals surface area contributed by atoms with Crippen LogP contribution in [0, 0.1) is 13.8 Å². The fraction of sp³-hybridized carbons (Fsp3) is 0.333. The SMILES string of the molecule is Cc1cc2ncn(C(CN)c3cnn(C)c3)c2cc1C. The van der Waals surface area contributed by atoms with E-state index in [9.17, 15) is 0 Å². The Balaban J connectivity index is 2.15. The predicted molar refractivity (Wildman–Crippen MR) is 79.6 cm³/mol. The summed E-state index contributed by atoms with van der Waals surface area (Å²) in [4.78, 5) is 4.50. The molecule has 3 rings (SSSR count). The first kappa shape index (κ1) is 12.9. The summed E-state index contributed by atoms with van der Waals surface area (Å²) in [7, 11) is 1.91. The molecule has 0 fully saturated rings. The lowest BCUT2D eigenvalue weighted by Gasteiger charge is -2.16. The largest absolute Gasteiger partial charge is 0.328 e. The molecule has 0 spiro atoms. The Morgan fingerprint density at radius 3 is 2.65 bits per heavy atom. The van der Waals surface area contributed by atoms with Crippen molar-refractivity contribution in [2.75, 3.05) is 6.54 Å². The Morgan fingerprint density at radius 2 is 2.00 bits per heavy atom. The molecule has 5 nitrogen and oxygen atoms in total. The molecule has 2 N–H and O–H groups in total. The number of imidazole rings is 1. The van der Waals surface area contributed by atoms with E-state index in [-0.39, 0.29) is 6.04 Å². The van der Waals surface area contributed by atoms with Crippen LogP contribution in [0.25, 0.3) is 11.0 Å². The van der Waals surface area contributed by atoms with Gasteiger partial charge in [0.05, 0.1) is 29.6 Å². The van der Waals surface area contributed by atoms with Crippen LogP contribution in [-0.4, -0.2) is 25.9 Å². The van der Waals surface area contributed by atoms with Crippen molar-refractivity contribution in [1.82, 2.24) is 19.3 Å². The molecule has 0 aliphatic heterocycles. The van der Waals surface area contributed by atoms with Crippen LogP contribution in [0.3, 0.4) is 0 Å². The van der Waals surface area contributed by atoms with Crippen molar-refractivity contribution in [1.29, 1.82) is 0 Å². The molecule has 0 saturated carbocycles. The fourth-order valence-electron chi connectivity index (χ4n) is 2.55. The standard InChI is InChI=1S/C15H19N5/c1-10-4-13-14(5-11(10)2)20(9-17-13)15(6-16)12-7-18-19(3)8-12/h4-5,7-9,15H,6,16H2,1-3H3. The van der Waals surface area contributed by atoms with Gasteiger partial charge in [0.2, 0.25) is 0 Å². The van der Waals surface area contributed by atoms with Gasteiger partial charge in [-0.05, 0) is 37.1 Å². The smallest absolute Gasteiger partial charge is 0.0964 e. The van der Waals surface area contributed by atoms with Crippen LogP contribution in [0.5, 0.6) is 0 Å². The molecule has 0 saturated heterocycles. The Morgan fingerprint density at radius 1 is 1.25 bits per heavy atom. The first-order valence-electron chi connectivity index (χ1n) is 6.72. The van der Waals surface area contributed by atoms with Crippen LogP contribution in [0.15, 0.2) is 30.9 Å². The summed E-state index contributed by atoms with van der Waals surface area (Å²) in [6.45, 7) is 4.74. The molecule has 20 heavy (non-hydrogen) atoms. The lowest BCUT2D eigenvalue weighted by atomic mass is 10.1. The lowest BCUT2D eigenvalue weighted by molar-refractivity contribution is 0.609. The van der Waals surface area contributed by atoms with E-state index in [1.54, 1.807) is 4.68 Å². The highest BCUT2D eigenvalue weighted by Gasteiger charge is 2.16. The van der Waals surface area contributed by atoms with Gasteiger partial charge in [-0.2, -0.15) is 5.10 Å². The fourth-order valence-corrected chi connectivity index (χ4v) is 2.55. The molecule has 0 aliphatic carbocycles. The highest BCUT2D eigenvalue weighted by atomic mass is 15.2. The summed E-state index contributed by atoms with van der Waals surface area (Å²) >= 11 is 0. The van der Waals surface area contributed by atoms with E-state index >= 15 is 0 Å². The second-order valence-electron chi connectivity index (χ2n) is 5.28. The number of aromatic nitrogens is 4. The van der Waals surface area contributed by atoms with Gasteiger partial charge in [0.15, 0.2) is 0 Å². The van der Waals surface area contributed by atoms with Crippen molar-refractivity contribution < 1.29 is 0 Å². The summed E-state index contributed by atoms with van der Waals surface area (Å²) in [6.07, 6.45) is 5.74. The Kier molecular flexibility index (Phi) is 3.06. The zero-order chi connectivity index (χ0) is 14.3. The molecule has 2 heterocycles. The van der Waals surface area contributed by atoms with Gasteiger partial charge in [-0.1, -0.05) is 0 Å². The molecule has 1 atom stereocenters. The Bertz CT molecular complexity index is 753. The lowest BCUT2D eigenvalue weighted by Crippen LogP contribution is -2.19. The van der Waals surface area contributed by atoms with E-state index in [0.717, 1.165) is 16.6 Å². The van der Waals surface area contributed by atoms with Crippen molar-refractivity contribution in [2.45, 2.75) is 19.9 Å². The summed E-state index contributed by atoms with van der Waals surface area (Å²) in [5.41, 5.74) is 11.7. The van der Waals surface area contributed by atoms with Crippen LogP contribution in [0.1, 0.15) is 22.7 Å².